The monoisotopic (exact) mass is 347 g/mol. The van der Waals surface area contributed by atoms with Crippen molar-refractivity contribution in [2.75, 3.05) is 19.8 Å². The standard InChI is InChI=1S/C14H19BrClNO2/c1-10(2)9-19-7-3-6-17-14(18)12-5-4-11(16)8-13(12)15/h4-5,8,10H,3,6-7,9H2,1-2H3,(H,17,18). The van der Waals surface area contributed by atoms with Crippen LogP contribution < -0.4 is 5.32 Å². The molecule has 0 heterocycles. The van der Waals surface area contributed by atoms with Crippen LogP contribution in [0.4, 0.5) is 0 Å². The van der Waals surface area contributed by atoms with Gasteiger partial charge < -0.3 is 10.1 Å². The van der Waals surface area contributed by atoms with Crippen molar-refractivity contribution in [3.8, 4) is 0 Å². The highest BCUT2D eigenvalue weighted by Crippen LogP contribution is 2.21. The molecule has 0 aliphatic rings. The molecule has 0 spiro atoms. The molecule has 0 aromatic heterocycles. The number of rotatable bonds is 7. The number of nitrogens with one attached hydrogen (secondary N) is 1. The van der Waals surface area contributed by atoms with Crippen LogP contribution in [0, 0.1) is 5.92 Å². The second-order valence-corrected chi connectivity index (χ2v) is 5.99. The maximum atomic E-state index is 11.9. The maximum Gasteiger partial charge on any atom is 0.252 e. The Morgan fingerprint density at radius 2 is 2.21 bits per heavy atom. The Kier molecular flexibility index (Phi) is 7.42. The topological polar surface area (TPSA) is 38.3 Å². The van der Waals surface area contributed by atoms with Gasteiger partial charge in [0.2, 0.25) is 0 Å². The van der Waals surface area contributed by atoms with E-state index in [4.69, 9.17) is 16.3 Å². The number of halogens is 2. The van der Waals surface area contributed by atoms with E-state index < -0.39 is 0 Å². The quantitative estimate of drug-likeness (QED) is 0.759. The zero-order valence-electron chi connectivity index (χ0n) is 11.2. The number of carbonyl (C=O) groups is 1. The normalized spacial score (nSPS) is 10.8. The molecular weight excluding hydrogens is 330 g/mol. The van der Waals surface area contributed by atoms with Crippen LogP contribution in [0.15, 0.2) is 22.7 Å². The van der Waals surface area contributed by atoms with E-state index in [-0.39, 0.29) is 5.91 Å². The number of hydrogen-bond acceptors (Lipinski definition) is 2. The first-order chi connectivity index (χ1) is 9.00. The molecule has 1 rings (SSSR count). The Bertz CT molecular complexity index is 424. The Balaban J connectivity index is 2.28. The first kappa shape index (κ1) is 16.5. The largest absolute Gasteiger partial charge is 0.381 e. The number of amides is 1. The third-order valence-electron chi connectivity index (χ3n) is 2.38. The fourth-order valence-electron chi connectivity index (χ4n) is 1.46. The summed E-state index contributed by atoms with van der Waals surface area (Å²) < 4.78 is 6.15. The highest BCUT2D eigenvalue weighted by atomic mass is 79.9. The summed E-state index contributed by atoms with van der Waals surface area (Å²) in [7, 11) is 0. The summed E-state index contributed by atoms with van der Waals surface area (Å²) in [4.78, 5) is 11.9. The predicted molar refractivity (Wildman–Crippen MR) is 81.8 cm³/mol. The van der Waals surface area contributed by atoms with Gasteiger partial charge in [-0.3, -0.25) is 4.79 Å². The summed E-state index contributed by atoms with van der Waals surface area (Å²) >= 11 is 9.16. The van der Waals surface area contributed by atoms with E-state index in [0.717, 1.165) is 13.0 Å². The number of benzene rings is 1. The van der Waals surface area contributed by atoms with Crippen molar-refractivity contribution in [2.24, 2.45) is 5.92 Å². The minimum atomic E-state index is -0.104. The van der Waals surface area contributed by atoms with E-state index in [1.165, 1.54) is 0 Å². The molecule has 0 unspecified atom stereocenters. The second kappa shape index (κ2) is 8.56. The summed E-state index contributed by atoms with van der Waals surface area (Å²) in [5.74, 6) is 0.437. The average molecular weight is 349 g/mol. The van der Waals surface area contributed by atoms with Gasteiger partial charge in [0.1, 0.15) is 0 Å². The van der Waals surface area contributed by atoms with Gasteiger partial charge in [0.05, 0.1) is 5.56 Å². The van der Waals surface area contributed by atoms with Crippen molar-refractivity contribution in [2.45, 2.75) is 20.3 Å². The third kappa shape index (κ3) is 6.41. The molecule has 1 aromatic rings. The average Bonchev–Trinajstić information content (AvgIpc) is 2.32. The first-order valence-corrected chi connectivity index (χ1v) is 7.48. The zero-order chi connectivity index (χ0) is 14.3. The van der Waals surface area contributed by atoms with E-state index in [2.05, 4.69) is 35.1 Å². The van der Waals surface area contributed by atoms with Crippen molar-refractivity contribution in [3.05, 3.63) is 33.3 Å². The fourth-order valence-corrected chi connectivity index (χ4v) is 2.33. The van der Waals surface area contributed by atoms with Crippen molar-refractivity contribution < 1.29 is 9.53 Å². The van der Waals surface area contributed by atoms with Gasteiger partial charge in [-0.05, 0) is 46.5 Å². The molecule has 0 atom stereocenters. The molecule has 106 valence electrons. The lowest BCUT2D eigenvalue weighted by atomic mass is 10.2. The summed E-state index contributed by atoms with van der Waals surface area (Å²) in [6.07, 6.45) is 0.809. The smallest absolute Gasteiger partial charge is 0.252 e. The molecule has 0 radical (unpaired) electrons. The lowest BCUT2D eigenvalue weighted by Gasteiger charge is -2.08. The molecule has 19 heavy (non-hydrogen) atoms. The van der Waals surface area contributed by atoms with Gasteiger partial charge in [-0.15, -0.1) is 0 Å². The van der Waals surface area contributed by atoms with Gasteiger partial charge in [0.15, 0.2) is 0 Å². The Morgan fingerprint density at radius 1 is 1.47 bits per heavy atom. The van der Waals surface area contributed by atoms with Crippen molar-refractivity contribution in [1.29, 1.82) is 0 Å². The van der Waals surface area contributed by atoms with Crippen molar-refractivity contribution in [3.63, 3.8) is 0 Å². The van der Waals surface area contributed by atoms with Crippen LogP contribution in [0.3, 0.4) is 0 Å². The molecule has 0 saturated heterocycles. The summed E-state index contributed by atoms with van der Waals surface area (Å²) in [6, 6.07) is 5.12. The van der Waals surface area contributed by atoms with E-state index in [1.807, 2.05) is 0 Å². The Labute approximate surface area is 127 Å². The predicted octanol–water partition coefficient (Wildman–Crippen LogP) is 3.90. The van der Waals surface area contributed by atoms with E-state index >= 15 is 0 Å². The van der Waals surface area contributed by atoms with Gasteiger partial charge in [0.25, 0.3) is 5.91 Å². The number of hydrogen-bond donors (Lipinski definition) is 1. The maximum absolute atomic E-state index is 11.9. The Hall–Kier alpha value is -0.580. The fraction of sp³-hybridized carbons (Fsp3) is 0.500. The van der Waals surface area contributed by atoms with Gasteiger partial charge >= 0.3 is 0 Å². The van der Waals surface area contributed by atoms with Crippen molar-refractivity contribution >= 4 is 33.4 Å². The second-order valence-electron chi connectivity index (χ2n) is 4.70. The molecule has 0 aliphatic heterocycles. The lowest BCUT2D eigenvalue weighted by Crippen LogP contribution is -2.25. The highest BCUT2D eigenvalue weighted by Gasteiger charge is 2.09. The first-order valence-electron chi connectivity index (χ1n) is 6.31. The van der Waals surface area contributed by atoms with E-state index in [9.17, 15) is 4.79 Å². The molecule has 5 heteroatoms. The van der Waals surface area contributed by atoms with Crippen LogP contribution >= 0.6 is 27.5 Å². The molecule has 3 nitrogen and oxygen atoms in total. The van der Waals surface area contributed by atoms with Gasteiger partial charge in [-0.2, -0.15) is 0 Å². The van der Waals surface area contributed by atoms with Crippen LogP contribution in [0.1, 0.15) is 30.6 Å². The summed E-state index contributed by atoms with van der Waals surface area (Å²) in [5, 5.41) is 3.46. The SMILES string of the molecule is CC(C)COCCCNC(=O)c1ccc(Cl)cc1Br. The number of ether oxygens (including phenoxy) is 1. The van der Waals surface area contributed by atoms with Crippen LogP contribution in [0.2, 0.25) is 5.02 Å². The molecule has 1 N–H and O–H groups in total. The Morgan fingerprint density at radius 3 is 2.84 bits per heavy atom. The molecule has 1 amide bonds. The molecular formula is C14H19BrClNO2. The van der Waals surface area contributed by atoms with E-state index in [0.29, 0.717) is 34.1 Å². The summed E-state index contributed by atoms with van der Waals surface area (Å²) in [5.41, 5.74) is 0.590. The van der Waals surface area contributed by atoms with Crippen LogP contribution in [0.5, 0.6) is 0 Å². The van der Waals surface area contributed by atoms with Crippen molar-refractivity contribution in [1.82, 2.24) is 5.32 Å². The molecule has 0 bridgehead atoms. The lowest BCUT2D eigenvalue weighted by molar-refractivity contribution is 0.0924. The van der Waals surface area contributed by atoms with Crippen LogP contribution in [-0.2, 0) is 4.74 Å². The van der Waals surface area contributed by atoms with Crippen LogP contribution in [-0.4, -0.2) is 25.7 Å². The van der Waals surface area contributed by atoms with E-state index in [1.54, 1.807) is 18.2 Å². The molecule has 1 aromatic carbocycles. The molecule has 0 saturated carbocycles. The third-order valence-corrected chi connectivity index (χ3v) is 3.27. The number of carbonyl (C=O) groups excluding carboxylic acids is 1. The highest BCUT2D eigenvalue weighted by molar-refractivity contribution is 9.10. The van der Waals surface area contributed by atoms with Gasteiger partial charge in [-0.25, -0.2) is 0 Å². The van der Waals surface area contributed by atoms with Crippen LogP contribution in [0.25, 0.3) is 0 Å². The minimum absolute atomic E-state index is 0.104. The molecule has 0 aliphatic carbocycles. The van der Waals surface area contributed by atoms with Gasteiger partial charge in [-0.1, -0.05) is 25.4 Å². The van der Waals surface area contributed by atoms with Gasteiger partial charge in [0, 0.05) is 29.3 Å². The minimum Gasteiger partial charge on any atom is -0.381 e. The molecule has 0 fully saturated rings. The summed E-state index contributed by atoms with van der Waals surface area (Å²) in [6.45, 7) is 6.25. The zero-order valence-corrected chi connectivity index (χ0v) is 13.6.